The lowest BCUT2D eigenvalue weighted by Crippen LogP contribution is -2.46. The molecule has 27 heavy (non-hydrogen) atoms. The Bertz CT molecular complexity index is 709. The van der Waals surface area contributed by atoms with E-state index in [0.717, 1.165) is 23.7 Å². The smallest absolute Gasteiger partial charge is 0.325 e. The summed E-state index contributed by atoms with van der Waals surface area (Å²) in [7, 11) is 0. The number of hydrogen-bond donors (Lipinski definition) is 2. The third-order valence-electron chi connectivity index (χ3n) is 5.28. The highest BCUT2D eigenvalue weighted by molar-refractivity contribution is 6.10. The molecule has 0 aliphatic carbocycles. The summed E-state index contributed by atoms with van der Waals surface area (Å²) in [6, 6.07) is 7.00. The Morgan fingerprint density at radius 1 is 1.15 bits per heavy atom. The van der Waals surface area contributed by atoms with Crippen molar-refractivity contribution in [2.45, 2.75) is 32.2 Å². The lowest BCUT2D eigenvalue weighted by atomic mass is 9.93. The highest BCUT2D eigenvalue weighted by atomic mass is 16.5. The van der Waals surface area contributed by atoms with E-state index in [9.17, 15) is 14.4 Å². The topological polar surface area (TPSA) is 91.0 Å². The van der Waals surface area contributed by atoms with E-state index in [2.05, 4.69) is 15.5 Å². The summed E-state index contributed by atoms with van der Waals surface area (Å²) in [5, 5.41) is 5.47. The standard InChI is InChI=1S/C19H26N4O4/c1-3-19(4-2)17(25)23(18(26)21-19)13-16(24)20-14-5-7-15(8-6-14)22-9-11-27-12-10-22/h5-8H,3-4,9-13H2,1-2H3,(H,20,24)(H,21,26). The molecule has 8 nitrogen and oxygen atoms in total. The highest BCUT2D eigenvalue weighted by Gasteiger charge is 2.49. The lowest BCUT2D eigenvalue weighted by Gasteiger charge is -2.28. The van der Waals surface area contributed by atoms with Crippen molar-refractivity contribution in [2.24, 2.45) is 0 Å². The van der Waals surface area contributed by atoms with Crippen molar-refractivity contribution < 1.29 is 19.1 Å². The fraction of sp³-hybridized carbons (Fsp3) is 0.526. The van der Waals surface area contributed by atoms with Crippen LogP contribution in [0.2, 0.25) is 0 Å². The van der Waals surface area contributed by atoms with Crippen LogP contribution in [0.3, 0.4) is 0 Å². The number of morpholine rings is 1. The van der Waals surface area contributed by atoms with Crippen LogP contribution in [0.1, 0.15) is 26.7 Å². The van der Waals surface area contributed by atoms with Crippen LogP contribution in [0.25, 0.3) is 0 Å². The molecule has 2 N–H and O–H groups in total. The second kappa shape index (κ2) is 7.96. The van der Waals surface area contributed by atoms with E-state index in [4.69, 9.17) is 4.74 Å². The number of ether oxygens (including phenoxy) is 1. The van der Waals surface area contributed by atoms with E-state index in [1.54, 1.807) is 0 Å². The van der Waals surface area contributed by atoms with Crippen LogP contribution in [0, 0.1) is 0 Å². The van der Waals surface area contributed by atoms with E-state index in [-0.39, 0.29) is 12.5 Å². The largest absolute Gasteiger partial charge is 0.378 e. The maximum atomic E-state index is 12.6. The number of nitrogens with one attached hydrogen (secondary N) is 2. The zero-order valence-electron chi connectivity index (χ0n) is 15.8. The van der Waals surface area contributed by atoms with Gasteiger partial charge in [-0.2, -0.15) is 0 Å². The Hall–Kier alpha value is -2.61. The molecule has 0 unspecified atom stereocenters. The zero-order chi connectivity index (χ0) is 19.4. The predicted molar refractivity (Wildman–Crippen MR) is 102 cm³/mol. The van der Waals surface area contributed by atoms with Gasteiger partial charge in [-0.15, -0.1) is 0 Å². The molecule has 0 saturated carbocycles. The number of carbonyl (C=O) groups is 3. The summed E-state index contributed by atoms with van der Waals surface area (Å²) in [6.45, 7) is 6.51. The number of carbonyl (C=O) groups excluding carboxylic acids is 3. The molecule has 2 heterocycles. The van der Waals surface area contributed by atoms with Crippen molar-refractivity contribution in [3.8, 4) is 0 Å². The van der Waals surface area contributed by atoms with E-state index < -0.39 is 17.5 Å². The average Bonchev–Trinajstić information content (AvgIpc) is 2.94. The van der Waals surface area contributed by atoms with Gasteiger partial charge in [0.25, 0.3) is 5.91 Å². The molecule has 1 aromatic carbocycles. The Kier molecular flexibility index (Phi) is 5.65. The maximum absolute atomic E-state index is 12.6. The third kappa shape index (κ3) is 3.90. The van der Waals surface area contributed by atoms with Crippen molar-refractivity contribution >= 4 is 29.2 Å². The zero-order valence-corrected chi connectivity index (χ0v) is 15.8. The van der Waals surface area contributed by atoms with Gasteiger partial charge in [-0.1, -0.05) is 13.8 Å². The summed E-state index contributed by atoms with van der Waals surface area (Å²) in [5.41, 5.74) is 0.805. The molecule has 0 aromatic heterocycles. The minimum atomic E-state index is -0.892. The van der Waals surface area contributed by atoms with Crippen LogP contribution in [-0.2, 0) is 14.3 Å². The number of amides is 4. The molecule has 4 amide bonds. The number of nitrogens with zero attached hydrogens (tertiary/aromatic N) is 2. The van der Waals surface area contributed by atoms with E-state index in [1.165, 1.54) is 0 Å². The Morgan fingerprint density at radius 2 is 1.78 bits per heavy atom. The van der Waals surface area contributed by atoms with E-state index in [0.29, 0.717) is 31.7 Å². The van der Waals surface area contributed by atoms with Gasteiger partial charge in [0, 0.05) is 24.5 Å². The fourth-order valence-corrected chi connectivity index (χ4v) is 3.47. The van der Waals surface area contributed by atoms with E-state index in [1.807, 2.05) is 38.1 Å². The summed E-state index contributed by atoms with van der Waals surface area (Å²) in [4.78, 5) is 40.2. The van der Waals surface area contributed by atoms with Crippen molar-refractivity contribution in [2.75, 3.05) is 43.1 Å². The summed E-state index contributed by atoms with van der Waals surface area (Å²) in [5.74, 6) is -0.740. The molecule has 146 valence electrons. The van der Waals surface area contributed by atoms with E-state index >= 15 is 0 Å². The Morgan fingerprint density at radius 3 is 2.33 bits per heavy atom. The molecule has 0 bridgehead atoms. The molecular weight excluding hydrogens is 348 g/mol. The number of hydrogen-bond acceptors (Lipinski definition) is 5. The first-order chi connectivity index (χ1) is 13.0. The number of rotatable bonds is 6. The minimum absolute atomic E-state index is 0.294. The molecule has 2 aliphatic rings. The van der Waals surface area contributed by atoms with Crippen molar-refractivity contribution in [3.63, 3.8) is 0 Å². The SMILES string of the molecule is CCC1(CC)NC(=O)N(CC(=O)Nc2ccc(N3CCOCC3)cc2)C1=O. The van der Waals surface area contributed by atoms with Gasteiger partial charge in [-0.05, 0) is 37.1 Å². The van der Waals surface area contributed by atoms with Crippen molar-refractivity contribution in [3.05, 3.63) is 24.3 Å². The van der Waals surface area contributed by atoms with Gasteiger partial charge in [0.15, 0.2) is 0 Å². The van der Waals surface area contributed by atoms with Crippen molar-refractivity contribution in [1.29, 1.82) is 0 Å². The van der Waals surface area contributed by atoms with Gasteiger partial charge in [0.2, 0.25) is 5.91 Å². The molecule has 0 spiro atoms. The molecule has 8 heteroatoms. The van der Waals surface area contributed by atoms with Gasteiger partial charge in [-0.3, -0.25) is 14.5 Å². The molecule has 0 atom stereocenters. The van der Waals surface area contributed by atoms with Crippen molar-refractivity contribution in [1.82, 2.24) is 10.2 Å². The molecular formula is C19H26N4O4. The summed E-state index contributed by atoms with van der Waals surface area (Å²) < 4.78 is 5.35. The maximum Gasteiger partial charge on any atom is 0.325 e. The van der Waals surface area contributed by atoms with Crippen LogP contribution in [0.4, 0.5) is 16.2 Å². The van der Waals surface area contributed by atoms with Gasteiger partial charge >= 0.3 is 6.03 Å². The van der Waals surface area contributed by atoms with Crippen LogP contribution < -0.4 is 15.5 Å². The summed E-state index contributed by atoms with van der Waals surface area (Å²) in [6.07, 6.45) is 0.990. The van der Waals surface area contributed by atoms with Gasteiger partial charge in [0.1, 0.15) is 12.1 Å². The number of benzene rings is 1. The van der Waals surface area contributed by atoms with Crippen LogP contribution in [0.15, 0.2) is 24.3 Å². The third-order valence-corrected chi connectivity index (χ3v) is 5.28. The van der Waals surface area contributed by atoms with Gasteiger partial charge in [-0.25, -0.2) is 4.79 Å². The lowest BCUT2D eigenvalue weighted by molar-refractivity contribution is -0.134. The van der Waals surface area contributed by atoms with Crippen LogP contribution in [0.5, 0.6) is 0 Å². The molecule has 2 fully saturated rings. The second-order valence-electron chi connectivity index (χ2n) is 6.81. The normalized spacial score (nSPS) is 19.2. The van der Waals surface area contributed by atoms with Crippen LogP contribution >= 0.6 is 0 Å². The number of anilines is 2. The predicted octanol–water partition coefficient (Wildman–Crippen LogP) is 1.57. The first kappa shape index (κ1) is 19.2. The van der Waals surface area contributed by atoms with Crippen LogP contribution in [-0.4, -0.2) is 61.1 Å². The quantitative estimate of drug-likeness (QED) is 0.738. The number of imide groups is 1. The average molecular weight is 374 g/mol. The molecule has 2 aliphatic heterocycles. The summed E-state index contributed by atoms with van der Waals surface area (Å²) >= 11 is 0. The Balaban J connectivity index is 1.59. The van der Waals surface area contributed by atoms with Gasteiger partial charge < -0.3 is 20.3 Å². The first-order valence-electron chi connectivity index (χ1n) is 9.36. The highest BCUT2D eigenvalue weighted by Crippen LogP contribution is 2.25. The monoisotopic (exact) mass is 374 g/mol. The first-order valence-corrected chi connectivity index (χ1v) is 9.36. The van der Waals surface area contributed by atoms with Gasteiger partial charge in [0.05, 0.1) is 13.2 Å². The second-order valence-corrected chi connectivity index (χ2v) is 6.81. The molecule has 3 rings (SSSR count). The fourth-order valence-electron chi connectivity index (χ4n) is 3.47. The minimum Gasteiger partial charge on any atom is -0.378 e. The molecule has 0 radical (unpaired) electrons. The molecule has 1 aromatic rings. The number of urea groups is 1. The Labute approximate surface area is 158 Å². The molecule has 2 saturated heterocycles.